The first-order valence-electron chi connectivity index (χ1n) is 9.68. The van der Waals surface area contributed by atoms with Crippen LogP contribution in [0.1, 0.15) is 58.8 Å². The maximum Gasteiger partial charge on any atom is 0.509 e. The summed E-state index contributed by atoms with van der Waals surface area (Å²) in [6, 6.07) is 0. The third-order valence-corrected chi connectivity index (χ3v) is 8.33. The Kier molecular flexibility index (Phi) is 2.99. The summed E-state index contributed by atoms with van der Waals surface area (Å²) in [5.41, 5.74) is 2.50. The highest BCUT2D eigenvalue weighted by Crippen LogP contribution is 2.66. The van der Waals surface area contributed by atoms with Crippen molar-refractivity contribution in [3.8, 4) is 0 Å². The zero-order valence-corrected chi connectivity index (χ0v) is 15.1. The Bertz CT molecular complexity index is 734. The molecule has 5 rings (SSSR count). The Balaban J connectivity index is 1.55. The molecule has 0 N–H and O–H groups in total. The average molecular weight is 342 g/mol. The van der Waals surface area contributed by atoms with E-state index in [1.165, 1.54) is 5.57 Å². The van der Waals surface area contributed by atoms with Crippen molar-refractivity contribution in [1.82, 2.24) is 0 Å². The van der Waals surface area contributed by atoms with Gasteiger partial charge in [0.25, 0.3) is 0 Å². The van der Waals surface area contributed by atoms with Crippen LogP contribution in [-0.4, -0.2) is 24.1 Å². The van der Waals surface area contributed by atoms with Gasteiger partial charge in [0.15, 0.2) is 11.4 Å². The molecular formula is C21H26O4. The third kappa shape index (κ3) is 1.83. The minimum Gasteiger partial charge on any atom is -0.430 e. The van der Waals surface area contributed by atoms with Gasteiger partial charge in [0.1, 0.15) is 6.61 Å². The van der Waals surface area contributed by atoms with Crippen LogP contribution in [0.3, 0.4) is 0 Å². The first-order valence-corrected chi connectivity index (χ1v) is 9.68. The van der Waals surface area contributed by atoms with Crippen molar-refractivity contribution < 1.29 is 19.1 Å². The van der Waals surface area contributed by atoms with Crippen LogP contribution < -0.4 is 0 Å². The lowest BCUT2D eigenvalue weighted by atomic mass is 9.51. The standard InChI is InChI=1S/C21H26O4/c1-19-8-5-14(22)11-13(19)3-4-15-16(19)6-9-20(2)17(15)7-10-21(20)12-24-18(23)25-21/h6,11,15,17H,3-5,7-10,12H2,1-2H3/t15?,17?,19?,20?,21-/m1/s1. The predicted molar refractivity (Wildman–Crippen MR) is 91.9 cm³/mol. The molecule has 4 unspecified atom stereocenters. The normalized spacial score (nSPS) is 48.1. The fourth-order valence-electron chi connectivity index (χ4n) is 6.74. The van der Waals surface area contributed by atoms with Crippen LogP contribution in [0.4, 0.5) is 4.79 Å². The molecule has 134 valence electrons. The Morgan fingerprint density at radius 2 is 1.96 bits per heavy atom. The Morgan fingerprint density at radius 3 is 2.72 bits per heavy atom. The minimum atomic E-state index is -0.497. The van der Waals surface area contributed by atoms with Gasteiger partial charge in [-0.15, -0.1) is 0 Å². The highest BCUT2D eigenvalue weighted by molar-refractivity contribution is 5.92. The quantitative estimate of drug-likeness (QED) is 0.485. The topological polar surface area (TPSA) is 52.6 Å². The second-order valence-corrected chi connectivity index (χ2v) is 9.17. The van der Waals surface area contributed by atoms with Gasteiger partial charge < -0.3 is 9.47 Å². The van der Waals surface area contributed by atoms with Crippen molar-refractivity contribution in [3.63, 3.8) is 0 Å². The number of rotatable bonds is 0. The molecule has 1 aliphatic heterocycles. The monoisotopic (exact) mass is 342 g/mol. The number of cyclic esters (lactones) is 1. The van der Waals surface area contributed by atoms with Crippen LogP contribution in [-0.2, 0) is 14.3 Å². The summed E-state index contributed by atoms with van der Waals surface area (Å²) in [5.74, 6) is 1.38. The molecular weight excluding hydrogens is 316 g/mol. The van der Waals surface area contributed by atoms with Crippen molar-refractivity contribution in [2.24, 2.45) is 22.7 Å². The molecule has 1 heterocycles. The lowest BCUT2D eigenvalue weighted by Gasteiger charge is -2.54. The number of carbonyl (C=O) groups excluding carboxylic acids is 2. The lowest BCUT2D eigenvalue weighted by molar-refractivity contribution is -0.115. The van der Waals surface area contributed by atoms with Crippen LogP contribution in [0.25, 0.3) is 0 Å². The van der Waals surface area contributed by atoms with E-state index in [-0.39, 0.29) is 10.8 Å². The number of hydrogen-bond donors (Lipinski definition) is 0. The van der Waals surface area contributed by atoms with E-state index < -0.39 is 11.8 Å². The fourth-order valence-corrected chi connectivity index (χ4v) is 6.74. The minimum absolute atomic E-state index is 0.0324. The molecule has 0 aromatic heterocycles. The van der Waals surface area contributed by atoms with Gasteiger partial charge in [-0.05, 0) is 56.4 Å². The lowest BCUT2D eigenvalue weighted by Crippen LogP contribution is -2.52. The van der Waals surface area contributed by atoms with Gasteiger partial charge in [-0.1, -0.05) is 31.1 Å². The van der Waals surface area contributed by atoms with Crippen LogP contribution >= 0.6 is 0 Å². The van der Waals surface area contributed by atoms with Gasteiger partial charge in [0, 0.05) is 17.3 Å². The van der Waals surface area contributed by atoms with Gasteiger partial charge >= 0.3 is 6.16 Å². The van der Waals surface area contributed by atoms with E-state index in [0.29, 0.717) is 30.6 Å². The van der Waals surface area contributed by atoms with Gasteiger partial charge in [-0.3, -0.25) is 4.79 Å². The molecule has 4 nitrogen and oxygen atoms in total. The number of hydrogen-bond acceptors (Lipinski definition) is 4. The molecule has 4 heteroatoms. The SMILES string of the molecule is CC12CCC(=O)C=C1CCC1C2=CCC2(C)C1CC[C@@]21COC(=O)O1. The predicted octanol–water partition coefficient (Wildman–Crippen LogP) is 4.34. The van der Waals surface area contributed by atoms with Gasteiger partial charge in [-0.2, -0.15) is 0 Å². The summed E-state index contributed by atoms with van der Waals surface area (Å²) in [4.78, 5) is 23.6. The van der Waals surface area contributed by atoms with Crippen molar-refractivity contribution in [3.05, 3.63) is 23.3 Å². The highest BCUT2D eigenvalue weighted by atomic mass is 16.8. The molecule has 0 aromatic rings. The maximum absolute atomic E-state index is 11.9. The van der Waals surface area contributed by atoms with Crippen LogP contribution in [0.2, 0.25) is 0 Å². The van der Waals surface area contributed by atoms with E-state index in [0.717, 1.165) is 38.5 Å². The smallest absolute Gasteiger partial charge is 0.430 e. The number of allylic oxidation sites excluding steroid dienone is 4. The largest absolute Gasteiger partial charge is 0.509 e. The second-order valence-electron chi connectivity index (χ2n) is 9.17. The van der Waals surface area contributed by atoms with E-state index in [1.54, 1.807) is 5.57 Å². The first kappa shape index (κ1) is 15.7. The molecule has 0 bridgehead atoms. The van der Waals surface area contributed by atoms with Gasteiger partial charge in [-0.25, -0.2) is 4.79 Å². The Hall–Kier alpha value is -1.58. The summed E-state index contributed by atoms with van der Waals surface area (Å²) in [5, 5.41) is 0. The van der Waals surface area contributed by atoms with Crippen LogP contribution in [0, 0.1) is 22.7 Å². The summed E-state index contributed by atoms with van der Waals surface area (Å²) >= 11 is 0. The van der Waals surface area contributed by atoms with E-state index in [1.807, 2.05) is 6.08 Å². The number of ether oxygens (including phenoxy) is 2. The summed E-state index contributed by atoms with van der Waals surface area (Å²) < 4.78 is 11.0. The van der Waals surface area contributed by atoms with Crippen LogP contribution in [0.5, 0.6) is 0 Å². The highest BCUT2D eigenvalue weighted by Gasteiger charge is 2.66. The molecule has 0 radical (unpaired) electrons. The molecule has 0 aromatic carbocycles. The van der Waals surface area contributed by atoms with E-state index in [2.05, 4.69) is 19.9 Å². The summed E-state index contributed by atoms with van der Waals surface area (Å²) in [6.45, 7) is 5.05. The van der Waals surface area contributed by atoms with E-state index in [4.69, 9.17) is 9.47 Å². The van der Waals surface area contributed by atoms with Crippen LogP contribution in [0.15, 0.2) is 23.3 Å². The molecule has 4 aliphatic carbocycles. The average Bonchev–Trinajstić information content (AvgIpc) is 3.10. The first-order chi connectivity index (χ1) is 11.9. The molecule has 1 saturated heterocycles. The third-order valence-electron chi connectivity index (χ3n) is 8.33. The zero-order chi connectivity index (χ0) is 17.4. The number of ketones is 1. The zero-order valence-electron chi connectivity index (χ0n) is 15.1. The molecule has 3 fully saturated rings. The second kappa shape index (κ2) is 4.77. The molecule has 1 spiro atoms. The summed E-state index contributed by atoms with van der Waals surface area (Å²) in [7, 11) is 0. The van der Waals surface area contributed by atoms with Crippen molar-refractivity contribution in [2.45, 2.75) is 64.4 Å². The van der Waals surface area contributed by atoms with Crippen molar-refractivity contribution in [2.75, 3.05) is 6.61 Å². The van der Waals surface area contributed by atoms with Crippen molar-refractivity contribution in [1.29, 1.82) is 0 Å². The van der Waals surface area contributed by atoms with Gasteiger partial charge in [0.05, 0.1) is 0 Å². The van der Waals surface area contributed by atoms with Crippen molar-refractivity contribution >= 4 is 11.9 Å². The molecule has 2 saturated carbocycles. The maximum atomic E-state index is 11.9. The number of fused-ring (bicyclic) bond motifs is 6. The van der Waals surface area contributed by atoms with E-state index >= 15 is 0 Å². The molecule has 0 amide bonds. The van der Waals surface area contributed by atoms with Gasteiger partial charge in [0.2, 0.25) is 0 Å². The Morgan fingerprint density at radius 1 is 1.12 bits per heavy atom. The van der Waals surface area contributed by atoms with E-state index in [9.17, 15) is 9.59 Å². The molecule has 25 heavy (non-hydrogen) atoms. The number of carbonyl (C=O) groups is 2. The Labute approximate surface area is 148 Å². The molecule has 5 atom stereocenters. The fraction of sp³-hybridized carbons (Fsp3) is 0.714. The molecule has 5 aliphatic rings. The summed E-state index contributed by atoms with van der Waals surface area (Å²) in [6.07, 6.45) is 10.6.